The molecule has 2 aromatic heterocycles. The number of amides is 1. The van der Waals surface area contributed by atoms with Crippen molar-refractivity contribution in [2.45, 2.75) is 13.1 Å². The third-order valence-electron chi connectivity index (χ3n) is 3.42. The van der Waals surface area contributed by atoms with Gasteiger partial charge >= 0.3 is 0 Å². The van der Waals surface area contributed by atoms with Crippen LogP contribution in [0.15, 0.2) is 47.1 Å². The summed E-state index contributed by atoms with van der Waals surface area (Å²) in [6.07, 6.45) is 1.56. The van der Waals surface area contributed by atoms with Gasteiger partial charge in [-0.2, -0.15) is 4.80 Å². The summed E-state index contributed by atoms with van der Waals surface area (Å²) in [7, 11) is 3.95. The van der Waals surface area contributed by atoms with Crippen LogP contribution in [0, 0.1) is 0 Å². The molecule has 1 amide bonds. The number of furan rings is 1. The lowest BCUT2D eigenvalue weighted by atomic mass is 10.2. The lowest BCUT2D eigenvalue weighted by molar-refractivity contribution is -0.122. The molecule has 0 aliphatic carbocycles. The molecule has 1 N–H and O–H groups in total. The normalized spacial score (nSPS) is 10.6. The summed E-state index contributed by atoms with van der Waals surface area (Å²) >= 11 is 0. The van der Waals surface area contributed by atoms with Crippen molar-refractivity contribution in [2.24, 2.45) is 0 Å². The largest absolute Gasteiger partial charge is 0.467 e. The Morgan fingerprint density at radius 3 is 2.71 bits per heavy atom. The number of nitrogens with zero attached hydrogens (tertiary/aromatic N) is 5. The maximum Gasteiger partial charge on any atom is 0.244 e. The Hall–Kier alpha value is -3.16. The molecule has 1 aromatic carbocycles. The fourth-order valence-electron chi connectivity index (χ4n) is 2.12. The third-order valence-corrected chi connectivity index (χ3v) is 3.42. The van der Waals surface area contributed by atoms with Crippen LogP contribution in [0.5, 0.6) is 0 Å². The van der Waals surface area contributed by atoms with Crippen LogP contribution in [0.25, 0.3) is 11.4 Å². The van der Waals surface area contributed by atoms with Crippen LogP contribution in [-0.2, 0) is 17.9 Å². The molecule has 0 saturated carbocycles. The number of tetrazole rings is 1. The van der Waals surface area contributed by atoms with Gasteiger partial charge in [0, 0.05) is 25.3 Å². The maximum absolute atomic E-state index is 11.9. The molecule has 8 heteroatoms. The number of hydrogen-bond acceptors (Lipinski definition) is 6. The Morgan fingerprint density at radius 2 is 2.04 bits per heavy atom. The standard InChI is InChI=1S/C16H18N6O2/c1-21(2)13-7-5-12(6-8-13)16-18-20-22(19-16)11-15(23)17-10-14-4-3-9-24-14/h3-9H,10-11H2,1-2H3,(H,17,23). The van der Waals surface area contributed by atoms with Gasteiger partial charge in [0.1, 0.15) is 12.3 Å². The van der Waals surface area contributed by atoms with Gasteiger partial charge in [0.2, 0.25) is 11.7 Å². The minimum Gasteiger partial charge on any atom is -0.467 e. The molecule has 24 heavy (non-hydrogen) atoms. The first-order chi connectivity index (χ1) is 11.6. The van der Waals surface area contributed by atoms with Crippen LogP contribution in [0.4, 0.5) is 5.69 Å². The molecule has 0 spiro atoms. The lowest BCUT2D eigenvalue weighted by Crippen LogP contribution is -2.27. The van der Waals surface area contributed by atoms with Gasteiger partial charge in [-0.1, -0.05) is 0 Å². The summed E-state index contributed by atoms with van der Waals surface area (Å²) in [5.74, 6) is 0.967. The van der Waals surface area contributed by atoms with Crippen LogP contribution in [0.3, 0.4) is 0 Å². The molecule has 0 aliphatic heterocycles. The summed E-state index contributed by atoms with van der Waals surface area (Å²) in [6, 6.07) is 11.4. The van der Waals surface area contributed by atoms with Crippen molar-refractivity contribution in [3.8, 4) is 11.4 Å². The number of nitrogens with one attached hydrogen (secondary N) is 1. The average molecular weight is 326 g/mol. The highest BCUT2D eigenvalue weighted by Crippen LogP contribution is 2.18. The molecule has 8 nitrogen and oxygen atoms in total. The van der Waals surface area contributed by atoms with Crippen molar-refractivity contribution in [3.05, 3.63) is 48.4 Å². The Bertz CT molecular complexity index is 792. The van der Waals surface area contributed by atoms with Gasteiger partial charge in [0.25, 0.3) is 0 Å². The Labute approximate surface area is 139 Å². The van der Waals surface area contributed by atoms with E-state index in [-0.39, 0.29) is 12.5 Å². The molecule has 0 atom stereocenters. The van der Waals surface area contributed by atoms with Crippen molar-refractivity contribution in [1.82, 2.24) is 25.5 Å². The maximum atomic E-state index is 11.9. The summed E-state index contributed by atoms with van der Waals surface area (Å²) in [5, 5.41) is 14.9. The number of rotatable bonds is 6. The summed E-state index contributed by atoms with van der Waals surface area (Å²) in [6.45, 7) is 0.336. The molecule has 3 rings (SSSR count). The van der Waals surface area contributed by atoms with Gasteiger partial charge in [-0.05, 0) is 41.6 Å². The van der Waals surface area contributed by atoms with Crippen LogP contribution in [0.1, 0.15) is 5.76 Å². The van der Waals surface area contributed by atoms with Crippen LogP contribution < -0.4 is 10.2 Å². The van der Waals surface area contributed by atoms with E-state index in [9.17, 15) is 4.79 Å². The predicted octanol–water partition coefficient (Wildman–Crippen LogP) is 1.32. The molecular formula is C16H18N6O2. The smallest absolute Gasteiger partial charge is 0.244 e. The fraction of sp³-hybridized carbons (Fsp3) is 0.250. The monoisotopic (exact) mass is 326 g/mol. The quantitative estimate of drug-likeness (QED) is 0.735. The van der Waals surface area contributed by atoms with Crippen molar-refractivity contribution in [1.29, 1.82) is 0 Å². The lowest BCUT2D eigenvalue weighted by Gasteiger charge is -2.11. The molecular weight excluding hydrogens is 308 g/mol. The Morgan fingerprint density at radius 1 is 1.25 bits per heavy atom. The van der Waals surface area contributed by atoms with E-state index in [0.29, 0.717) is 18.1 Å². The van der Waals surface area contributed by atoms with Crippen LogP contribution in [0.2, 0.25) is 0 Å². The average Bonchev–Trinajstić information content (AvgIpc) is 3.25. The van der Waals surface area contributed by atoms with E-state index < -0.39 is 0 Å². The zero-order chi connectivity index (χ0) is 16.9. The number of hydrogen-bond donors (Lipinski definition) is 1. The summed E-state index contributed by atoms with van der Waals surface area (Å²) in [5.41, 5.74) is 1.94. The first kappa shape index (κ1) is 15.7. The molecule has 3 aromatic rings. The summed E-state index contributed by atoms with van der Waals surface area (Å²) < 4.78 is 5.15. The number of anilines is 1. The third kappa shape index (κ3) is 3.78. The zero-order valence-corrected chi connectivity index (χ0v) is 13.5. The van der Waals surface area contributed by atoms with E-state index in [2.05, 4.69) is 20.7 Å². The van der Waals surface area contributed by atoms with Gasteiger partial charge in [0.15, 0.2) is 0 Å². The van der Waals surface area contributed by atoms with Crippen molar-refractivity contribution in [2.75, 3.05) is 19.0 Å². The zero-order valence-electron chi connectivity index (χ0n) is 13.5. The minimum atomic E-state index is -0.210. The minimum absolute atomic E-state index is 0.00346. The molecule has 0 saturated heterocycles. The fourth-order valence-corrected chi connectivity index (χ4v) is 2.12. The Balaban J connectivity index is 1.59. The van der Waals surface area contributed by atoms with Gasteiger partial charge in [-0.15, -0.1) is 10.2 Å². The van der Waals surface area contributed by atoms with Gasteiger partial charge in [-0.25, -0.2) is 0 Å². The van der Waals surface area contributed by atoms with E-state index in [4.69, 9.17) is 4.42 Å². The highest BCUT2D eigenvalue weighted by Gasteiger charge is 2.10. The van der Waals surface area contributed by atoms with Crippen molar-refractivity contribution >= 4 is 11.6 Å². The van der Waals surface area contributed by atoms with E-state index in [0.717, 1.165) is 11.3 Å². The molecule has 124 valence electrons. The molecule has 2 heterocycles. The molecule has 0 aliphatic rings. The van der Waals surface area contributed by atoms with Crippen molar-refractivity contribution < 1.29 is 9.21 Å². The second-order valence-electron chi connectivity index (χ2n) is 5.44. The van der Waals surface area contributed by atoms with E-state index in [1.165, 1.54) is 4.80 Å². The molecule has 0 bridgehead atoms. The molecule has 0 fully saturated rings. The van der Waals surface area contributed by atoms with E-state index >= 15 is 0 Å². The number of carbonyl (C=O) groups excluding carboxylic acids is 1. The van der Waals surface area contributed by atoms with Gasteiger partial charge < -0.3 is 14.6 Å². The summed E-state index contributed by atoms with van der Waals surface area (Å²) in [4.78, 5) is 15.2. The highest BCUT2D eigenvalue weighted by atomic mass is 16.3. The van der Waals surface area contributed by atoms with Crippen LogP contribution in [-0.4, -0.2) is 40.2 Å². The number of carbonyl (C=O) groups is 1. The topological polar surface area (TPSA) is 89.1 Å². The predicted molar refractivity (Wildman–Crippen MR) is 88.1 cm³/mol. The second kappa shape index (κ2) is 6.95. The van der Waals surface area contributed by atoms with Gasteiger partial charge in [-0.3, -0.25) is 4.79 Å². The first-order valence-corrected chi connectivity index (χ1v) is 7.46. The Kier molecular flexibility index (Phi) is 4.55. The van der Waals surface area contributed by atoms with Crippen molar-refractivity contribution in [3.63, 3.8) is 0 Å². The molecule has 0 radical (unpaired) electrons. The SMILES string of the molecule is CN(C)c1ccc(-c2nnn(CC(=O)NCc3ccco3)n2)cc1. The number of aromatic nitrogens is 4. The number of benzene rings is 1. The molecule has 0 unspecified atom stereocenters. The van der Waals surface area contributed by atoms with Crippen LogP contribution >= 0.6 is 0 Å². The van der Waals surface area contributed by atoms with E-state index in [1.807, 2.05) is 43.3 Å². The van der Waals surface area contributed by atoms with E-state index in [1.54, 1.807) is 18.4 Å². The van der Waals surface area contributed by atoms with Gasteiger partial charge in [0.05, 0.1) is 12.8 Å². The highest BCUT2D eigenvalue weighted by molar-refractivity contribution is 5.75. The second-order valence-corrected chi connectivity index (χ2v) is 5.44. The first-order valence-electron chi connectivity index (χ1n) is 7.46.